The SMILES string of the molecule is CCC1CCCCC1(O)c1c(Br)cnn1CCOC. The second-order valence-electron chi connectivity index (χ2n) is 5.33. The maximum atomic E-state index is 11.2. The molecule has 1 N–H and O–H groups in total. The molecule has 0 bridgehead atoms. The van der Waals surface area contributed by atoms with Crippen LogP contribution in [0.15, 0.2) is 10.7 Å². The molecule has 0 saturated heterocycles. The van der Waals surface area contributed by atoms with Crippen LogP contribution in [0.4, 0.5) is 0 Å². The molecule has 0 aliphatic heterocycles. The number of halogens is 1. The summed E-state index contributed by atoms with van der Waals surface area (Å²) >= 11 is 3.55. The summed E-state index contributed by atoms with van der Waals surface area (Å²) < 4.78 is 7.92. The Labute approximate surface area is 123 Å². The monoisotopic (exact) mass is 330 g/mol. The van der Waals surface area contributed by atoms with Crippen molar-refractivity contribution in [2.45, 2.75) is 51.2 Å². The van der Waals surface area contributed by atoms with E-state index in [0.717, 1.165) is 35.8 Å². The van der Waals surface area contributed by atoms with E-state index in [-0.39, 0.29) is 0 Å². The second-order valence-corrected chi connectivity index (χ2v) is 6.19. The molecule has 0 amide bonds. The van der Waals surface area contributed by atoms with Crippen molar-refractivity contribution in [1.82, 2.24) is 9.78 Å². The zero-order valence-corrected chi connectivity index (χ0v) is 13.3. The van der Waals surface area contributed by atoms with E-state index >= 15 is 0 Å². The van der Waals surface area contributed by atoms with Gasteiger partial charge in [-0.2, -0.15) is 5.10 Å². The topological polar surface area (TPSA) is 47.3 Å². The van der Waals surface area contributed by atoms with Gasteiger partial charge in [0.05, 0.1) is 29.5 Å². The van der Waals surface area contributed by atoms with Crippen LogP contribution in [0.25, 0.3) is 0 Å². The second kappa shape index (κ2) is 6.37. The van der Waals surface area contributed by atoms with Crippen LogP contribution in [-0.2, 0) is 16.9 Å². The van der Waals surface area contributed by atoms with Crippen LogP contribution in [0, 0.1) is 5.92 Å². The Morgan fingerprint density at radius 1 is 1.58 bits per heavy atom. The third-order valence-corrected chi connectivity index (χ3v) is 4.82. The Bertz CT molecular complexity index is 422. The van der Waals surface area contributed by atoms with Gasteiger partial charge in [-0.25, -0.2) is 0 Å². The first-order valence-corrected chi connectivity index (χ1v) is 7.86. The van der Waals surface area contributed by atoms with Crippen LogP contribution < -0.4 is 0 Å². The highest BCUT2D eigenvalue weighted by Crippen LogP contribution is 2.45. The van der Waals surface area contributed by atoms with Gasteiger partial charge in [0.1, 0.15) is 5.60 Å². The van der Waals surface area contributed by atoms with Crippen LogP contribution in [0.3, 0.4) is 0 Å². The van der Waals surface area contributed by atoms with Gasteiger partial charge in [-0.15, -0.1) is 0 Å². The fourth-order valence-electron chi connectivity index (χ4n) is 3.22. The van der Waals surface area contributed by atoms with Crippen LogP contribution in [0.2, 0.25) is 0 Å². The predicted molar refractivity (Wildman–Crippen MR) is 77.9 cm³/mol. The Kier molecular flexibility index (Phi) is 5.03. The molecule has 1 aliphatic carbocycles. The van der Waals surface area contributed by atoms with Gasteiger partial charge in [0.2, 0.25) is 0 Å². The van der Waals surface area contributed by atoms with E-state index in [2.05, 4.69) is 28.0 Å². The van der Waals surface area contributed by atoms with Gasteiger partial charge < -0.3 is 9.84 Å². The molecule has 1 aromatic rings. The normalized spacial score (nSPS) is 27.7. The van der Waals surface area contributed by atoms with Crippen molar-refractivity contribution in [3.8, 4) is 0 Å². The summed E-state index contributed by atoms with van der Waals surface area (Å²) in [5.74, 6) is 0.315. The lowest BCUT2D eigenvalue weighted by Crippen LogP contribution is -2.40. The van der Waals surface area contributed by atoms with E-state index in [0.29, 0.717) is 19.1 Å². The average molecular weight is 331 g/mol. The van der Waals surface area contributed by atoms with Crippen LogP contribution in [-0.4, -0.2) is 28.6 Å². The summed E-state index contributed by atoms with van der Waals surface area (Å²) in [5, 5.41) is 15.6. The van der Waals surface area contributed by atoms with Crippen LogP contribution >= 0.6 is 15.9 Å². The minimum absolute atomic E-state index is 0.315. The Balaban J connectivity index is 2.34. The summed E-state index contributed by atoms with van der Waals surface area (Å²) in [4.78, 5) is 0. The molecular weight excluding hydrogens is 308 g/mol. The number of hydrogen-bond donors (Lipinski definition) is 1. The lowest BCUT2D eigenvalue weighted by atomic mass is 9.72. The molecule has 0 radical (unpaired) electrons. The van der Waals surface area contributed by atoms with Crippen molar-refractivity contribution in [2.75, 3.05) is 13.7 Å². The number of ether oxygens (including phenoxy) is 1. The molecule has 108 valence electrons. The molecular formula is C14H23BrN2O2. The lowest BCUT2D eigenvalue weighted by Gasteiger charge is -2.40. The summed E-state index contributed by atoms with van der Waals surface area (Å²) in [6, 6.07) is 0. The molecule has 0 spiro atoms. The fourth-order valence-corrected chi connectivity index (χ4v) is 3.86. The average Bonchev–Trinajstić information content (AvgIpc) is 2.78. The van der Waals surface area contributed by atoms with Crippen molar-refractivity contribution < 1.29 is 9.84 Å². The van der Waals surface area contributed by atoms with E-state index in [1.807, 2.05) is 4.68 Å². The molecule has 2 rings (SSSR count). The van der Waals surface area contributed by atoms with Crippen molar-refractivity contribution in [1.29, 1.82) is 0 Å². The van der Waals surface area contributed by atoms with E-state index in [1.54, 1.807) is 13.3 Å². The van der Waals surface area contributed by atoms with E-state index in [9.17, 15) is 5.11 Å². The fraction of sp³-hybridized carbons (Fsp3) is 0.786. The summed E-state index contributed by atoms with van der Waals surface area (Å²) in [5.41, 5.74) is 0.173. The minimum Gasteiger partial charge on any atom is -0.383 e. The van der Waals surface area contributed by atoms with Crippen LogP contribution in [0.5, 0.6) is 0 Å². The maximum absolute atomic E-state index is 11.2. The first-order chi connectivity index (χ1) is 9.13. The zero-order chi connectivity index (χ0) is 13.9. The summed E-state index contributed by atoms with van der Waals surface area (Å²) in [6.07, 6.45) is 6.99. The minimum atomic E-state index is -0.754. The van der Waals surface area contributed by atoms with Crippen LogP contribution in [0.1, 0.15) is 44.7 Å². The number of hydrogen-bond acceptors (Lipinski definition) is 3. The van der Waals surface area contributed by atoms with Gasteiger partial charge in [-0.05, 0) is 34.7 Å². The molecule has 5 heteroatoms. The molecule has 1 heterocycles. The molecule has 0 aromatic carbocycles. The quantitative estimate of drug-likeness (QED) is 0.902. The summed E-state index contributed by atoms with van der Waals surface area (Å²) in [6.45, 7) is 3.44. The van der Waals surface area contributed by atoms with Gasteiger partial charge in [0, 0.05) is 7.11 Å². The van der Waals surface area contributed by atoms with Crippen molar-refractivity contribution in [3.63, 3.8) is 0 Å². The lowest BCUT2D eigenvalue weighted by molar-refractivity contribution is -0.0637. The first kappa shape index (κ1) is 15.0. The van der Waals surface area contributed by atoms with Gasteiger partial charge in [0.15, 0.2) is 0 Å². The molecule has 19 heavy (non-hydrogen) atoms. The van der Waals surface area contributed by atoms with E-state index < -0.39 is 5.60 Å². The highest BCUT2D eigenvalue weighted by Gasteiger charge is 2.43. The van der Waals surface area contributed by atoms with Gasteiger partial charge in [-0.1, -0.05) is 26.2 Å². The Hall–Kier alpha value is -0.390. The third-order valence-electron chi connectivity index (χ3n) is 4.24. The van der Waals surface area contributed by atoms with Gasteiger partial charge in [-0.3, -0.25) is 4.68 Å². The highest BCUT2D eigenvalue weighted by atomic mass is 79.9. The molecule has 2 atom stereocenters. The van der Waals surface area contributed by atoms with E-state index in [1.165, 1.54) is 6.42 Å². The van der Waals surface area contributed by atoms with E-state index in [4.69, 9.17) is 4.74 Å². The standard InChI is InChI=1S/C14H23BrN2O2/c1-3-11-6-4-5-7-14(11,18)13-12(15)10-16-17(13)8-9-19-2/h10-11,18H,3-9H2,1-2H3. The van der Waals surface area contributed by atoms with Crippen molar-refractivity contribution >= 4 is 15.9 Å². The number of methoxy groups -OCH3 is 1. The summed E-state index contributed by atoms with van der Waals surface area (Å²) in [7, 11) is 1.68. The molecule has 1 fully saturated rings. The van der Waals surface area contributed by atoms with Crippen molar-refractivity contribution in [2.24, 2.45) is 5.92 Å². The number of rotatable bonds is 5. The smallest absolute Gasteiger partial charge is 0.110 e. The maximum Gasteiger partial charge on any atom is 0.110 e. The molecule has 1 aromatic heterocycles. The third kappa shape index (κ3) is 2.88. The van der Waals surface area contributed by atoms with Crippen molar-refractivity contribution in [3.05, 3.63) is 16.4 Å². The molecule has 4 nitrogen and oxygen atoms in total. The number of aliphatic hydroxyl groups is 1. The molecule has 2 unspecified atom stereocenters. The Morgan fingerprint density at radius 2 is 2.37 bits per heavy atom. The molecule has 1 saturated carbocycles. The first-order valence-electron chi connectivity index (χ1n) is 7.06. The zero-order valence-electron chi connectivity index (χ0n) is 11.7. The number of aromatic nitrogens is 2. The predicted octanol–water partition coefficient (Wildman–Crippen LogP) is 3.08. The van der Waals surface area contributed by atoms with Gasteiger partial charge >= 0.3 is 0 Å². The van der Waals surface area contributed by atoms with Gasteiger partial charge in [0.25, 0.3) is 0 Å². The Morgan fingerprint density at radius 3 is 3.05 bits per heavy atom. The molecule has 1 aliphatic rings. The number of nitrogens with zero attached hydrogens (tertiary/aromatic N) is 2. The largest absolute Gasteiger partial charge is 0.383 e. The highest BCUT2D eigenvalue weighted by molar-refractivity contribution is 9.10.